The highest BCUT2D eigenvalue weighted by atomic mass is 16.5. The van der Waals surface area contributed by atoms with Crippen molar-refractivity contribution in [3.8, 4) is 17.5 Å². The van der Waals surface area contributed by atoms with Crippen molar-refractivity contribution >= 4 is 16.6 Å². The SMILES string of the molecule is Cc1ccc2c(N3CCN(CCc4cccc5c4OCc4c(C#N)c(C)cn4-5)CC3)cccc2n1. The van der Waals surface area contributed by atoms with Crippen molar-refractivity contribution in [3.05, 3.63) is 82.8 Å². The number of ether oxygens (including phenoxy) is 1. The number of anilines is 1. The van der Waals surface area contributed by atoms with E-state index in [1.807, 2.05) is 13.8 Å². The maximum Gasteiger partial charge on any atom is 0.147 e. The first kappa shape index (κ1) is 21.7. The Kier molecular flexibility index (Phi) is 5.43. The molecule has 0 aliphatic carbocycles. The van der Waals surface area contributed by atoms with E-state index in [4.69, 9.17) is 9.72 Å². The van der Waals surface area contributed by atoms with Gasteiger partial charge in [-0.15, -0.1) is 0 Å². The Bertz CT molecular complexity index is 1460. The number of aryl methyl sites for hydroxylation is 2. The van der Waals surface area contributed by atoms with Gasteiger partial charge in [0.05, 0.1) is 22.5 Å². The molecule has 0 spiro atoms. The molecular formula is C29H29N5O. The van der Waals surface area contributed by atoms with Crippen LogP contribution < -0.4 is 9.64 Å². The zero-order valence-corrected chi connectivity index (χ0v) is 20.3. The van der Waals surface area contributed by atoms with Gasteiger partial charge in [0.25, 0.3) is 0 Å². The molecule has 0 amide bonds. The third kappa shape index (κ3) is 3.82. The Hall–Kier alpha value is -3.82. The summed E-state index contributed by atoms with van der Waals surface area (Å²) in [6.45, 7) is 9.59. The summed E-state index contributed by atoms with van der Waals surface area (Å²) < 4.78 is 8.33. The van der Waals surface area contributed by atoms with E-state index in [9.17, 15) is 5.26 Å². The van der Waals surface area contributed by atoms with Crippen LogP contribution in [0, 0.1) is 25.2 Å². The van der Waals surface area contributed by atoms with Crippen molar-refractivity contribution in [2.24, 2.45) is 0 Å². The quantitative estimate of drug-likeness (QED) is 0.436. The molecule has 176 valence electrons. The van der Waals surface area contributed by atoms with Gasteiger partial charge in [-0.2, -0.15) is 5.26 Å². The molecule has 0 saturated carbocycles. The Labute approximate surface area is 206 Å². The van der Waals surface area contributed by atoms with Gasteiger partial charge >= 0.3 is 0 Å². The van der Waals surface area contributed by atoms with E-state index in [0.717, 1.165) is 78.6 Å². The molecule has 2 aliphatic rings. The minimum Gasteiger partial charge on any atom is -0.485 e. The highest BCUT2D eigenvalue weighted by Crippen LogP contribution is 2.36. The van der Waals surface area contributed by atoms with Gasteiger partial charge in [0, 0.05) is 55.7 Å². The molecule has 1 fully saturated rings. The Morgan fingerprint density at radius 3 is 2.60 bits per heavy atom. The minimum atomic E-state index is 0.443. The average Bonchev–Trinajstić information content (AvgIpc) is 3.22. The molecule has 2 aliphatic heterocycles. The molecule has 0 atom stereocenters. The van der Waals surface area contributed by atoms with Crippen LogP contribution in [0.1, 0.15) is 28.1 Å². The highest BCUT2D eigenvalue weighted by Gasteiger charge is 2.25. The number of rotatable bonds is 4. The summed E-state index contributed by atoms with van der Waals surface area (Å²) in [5, 5.41) is 10.8. The lowest BCUT2D eigenvalue weighted by atomic mass is 10.1. The van der Waals surface area contributed by atoms with Crippen LogP contribution in [0.15, 0.2) is 54.7 Å². The average molecular weight is 464 g/mol. The first-order valence-electron chi connectivity index (χ1n) is 12.3. The number of hydrogen-bond acceptors (Lipinski definition) is 5. The summed E-state index contributed by atoms with van der Waals surface area (Å²) in [6.07, 6.45) is 3.00. The number of nitrogens with zero attached hydrogens (tertiary/aromatic N) is 5. The first-order valence-corrected chi connectivity index (χ1v) is 12.3. The molecule has 2 aromatic carbocycles. The second kappa shape index (κ2) is 8.75. The zero-order valence-electron chi connectivity index (χ0n) is 20.3. The van der Waals surface area contributed by atoms with Crippen LogP contribution in [0.3, 0.4) is 0 Å². The standard InChI is InChI=1S/C29H29N5O/c1-20-18-34-27-8-3-5-22(29(27)35-19-28(34)24(20)17-30)11-12-32-13-15-33(16-14-32)26-7-4-6-25-23(26)10-9-21(2)31-25/h3-10,18H,11-16,19H2,1-2H3. The third-order valence-electron chi connectivity index (χ3n) is 7.36. The molecule has 4 aromatic rings. The summed E-state index contributed by atoms with van der Waals surface area (Å²) in [6, 6.07) is 19.4. The molecule has 2 aromatic heterocycles. The van der Waals surface area contributed by atoms with Gasteiger partial charge in [-0.3, -0.25) is 9.88 Å². The predicted molar refractivity (Wildman–Crippen MR) is 138 cm³/mol. The topological polar surface area (TPSA) is 57.3 Å². The van der Waals surface area contributed by atoms with Gasteiger partial charge in [-0.25, -0.2) is 0 Å². The van der Waals surface area contributed by atoms with Gasteiger partial charge < -0.3 is 14.2 Å². The van der Waals surface area contributed by atoms with Crippen molar-refractivity contribution in [2.45, 2.75) is 26.9 Å². The van der Waals surface area contributed by atoms with Crippen molar-refractivity contribution in [2.75, 3.05) is 37.6 Å². The largest absolute Gasteiger partial charge is 0.485 e. The fourth-order valence-electron chi connectivity index (χ4n) is 5.47. The van der Waals surface area contributed by atoms with Gasteiger partial charge in [-0.1, -0.05) is 18.2 Å². The molecule has 4 heterocycles. The Morgan fingerprint density at radius 1 is 0.971 bits per heavy atom. The molecule has 0 unspecified atom stereocenters. The van der Waals surface area contributed by atoms with Crippen LogP contribution in [0.25, 0.3) is 16.6 Å². The van der Waals surface area contributed by atoms with Crippen LogP contribution in [-0.2, 0) is 13.0 Å². The molecule has 0 bridgehead atoms. The van der Waals surface area contributed by atoms with E-state index in [2.05, 4.69) is 75.2 Å². The summed E-state index contributed by atoms with van der Waals surface area (Å²) in [4.78, 5) is 9.74. The van der Waals surface area contributed by atoms with E-state index < -0.39 is 0 Å². The number of aromatic nitrogens is 2. The lowest BCUT2D eigenvalue weighted by molar-refractivity contribution is 0.255. The van der Waals surface area contributed by atoms with E-state index in [-0.39, 0.29) is 0 Å². The monoisotopic (exact) mass is 463 g/mol. The van der Waals surface area contributed by atoms with Crippen LogP contribution in [-0.4, -0.2) is 47.2 Å². The van der Waals surface area contributed by atoms with Crippen molar-refractivity contribution in [1.29, 1.82) is 5.26 Å². The molecule has 1 saturated heterocycles. The molecule has 6 nitrogen and oxygen atoms in total. The zero-order chi connectivity index (χ0) is 23.9. The number of pyridine rings is 1. The van der Waals surface area contributed by atoms with Crippen molar-refractivity contribution < 1.29 is 4.74 Å². The number of para-hydroxylation sites is 1. The fraction of sp³-hybridized carbons (Fsp3) is 0.310. The van der Waals surface area contributed by atoms with Crippen LogP contribution in [0.2, 0.25) is 0 Å². The van der Waals surface area contributed by atoms with Gasteiger partial charge in [0.1, 0.15) is 18.4 Å². The van der Waals surface area contributed by atoms with E-state index in [1.165, 1.54) is 16.6 Å². The minimum absolute atomic E-state index is 0.443. The summed E-state index contributed by atoms with van der Waals surface area (Å²) in [7, 11) is 0. The number of benzene rings is 2. The molecule has 6 rings (SSSR count). The lowest BCUT2D eigenvalue weighted by Crippen LogP contribution is -2.47. The smallest absolute Gasteiger partial charge is 0.147 e. The molecule has 35 heavy (non-hydrogen) atoms. The predicted octanol–water partition coefficient (Wildman–Crippen LogP) is 4.77. The normalized spacial score (nSPS) is 15.4. The van der Waals surface area contributed by atoms with Crippen molar-refractivity contribution in [1.82, 2.24) is 14.5 Å². The van der Waals surface area contributed by atoms with Crippen molar-refractivity contribution in [3.63, 3.8) is 0 Å². The summed E-state index contributed by atoms with van der Waals surface area (Å²) in [5.74, 6) is 0.955. The molecule has 6 heteroatoms. The molecule has 0 radical (unpaired) electrons. The van der Waals surface area contributed by atoms with E-state index in [1.54, 1.807) is 0 Å². The van der Waals surface area contributed by atoms with E-state index >= 15 is 0 Å². The highest BCUT2D eigenvalue weighted by molar-refractivity contribution is 5.92. The first-order chi connectivity index (χ1) is 17.1. The molecular weight excluding hydrogens is 434 g/mol. The fourth-order valence-corrected chi connectivity index (χ4v) is 5.47. The number of fused-ring (bicyclic) bond motifs is 4. The van der Waals surface area contributed by atoms with E-state index in [0.29, 0.717) is 6.61 Å². The Morgan fingerprint density at radius 2 is 1.77 bits per heavy atom. The van der Waals surface area contributed by atoms with Crippen LogP contribution in [0.5, 0.6) is 5.75 Å². The maximum absolute atomic E-state index is 9.52. The van der Waals surface area contributed by atoms with Crippen LogP contribution in [0.4, 0.5) is 5.69 Å². The number of hydrogen-bond donors (Lipinski definition) is 0. The second-order valence-electron chi connectivity index (χ2n) is 9.54. The van der Waals surface area contributed by atoms with Gasteiger partial charge in [-0.05, 0) is 61.7 Å². The van der Waals surface area contributed by atoms with Crippen LogP contribution >= 0.6 is 0 Å². The number of piperazine rings is 1. The maximum atomic E-state index is 9.52. The lowest BCUT2D eigenvalue weighted by Gasteiger charge is -2.36. The third-order valence-corrected chi connectivity index (χ3v) is 7.36. The summed E-state index contributed by atoms with van der Waals surface area (Å²) in [5.41, 5.74) is 8.37. The Balaban J connectivity index is 1.14. The number of nitriles is 1. The van der Waals surface area contributed by atoms with Gasteiger partial charge in [0.15, 0.2) is 0 Å². The second-order valence-corrected chi connectivity index (χ2v) is 9.54. The summed E-state index contributed by atoms with van der Waals surface area (Å²) >= 11 is 0. The molecule has 0 N–H and O–H groups in total. The van der Waals surface area contributed by atoms with Gasteiger partial charge in [0.2, 0.25) is 0 Å².